The molecule has 1 atom stereocenters. The van der Waals surface area contributed by atoms with E-state index in [4.69, 9.17) is 4.84 Å². The number of rotatable bonds is 6. The Morgan fingerprint density at radius 2 is 1.88 bits per heavy atom. The highest BCUT2D eigenvalue weighted by atomic mass is 32.2. The van der Waals surface area contributed by atoms with Crippen LogP contribution in [0.1, 0.15) is 29.5 Å². The highest BCUT2D eigenvalue weighted by molar-refractivity contribution is 8.14. The molecule has 1 N–H and O–H groups in total. The van der Waals surface area contributed by atoms with E-state index in [1.165, 1.54) is 52.6 Å². The molecule has 4 aromatic rings. The molecule has 3 aromatic carbocycles. The van der Waals surface area contributed by atoms with E-state index in [1.807, 2.05) is 36.1 Å². The van der Waals surface area contributed by atoms with Crippen molar-refractivity contribution in [3.8, 4) is 22.8 Å². The molecule has 3 heterocycles. The Balaban J connectivity index is 1.04. The van der Waals surface area contributed by atoms with Crippen LogP contribution in [0, 0.1) is 6.92 Å². The van der Waals surface area contributed by atoms with E-state index in [0.717, 1.165) is 33.8 Å². The van der Waals surface area contributed by atoms with E-state index in [0.29, 0.717) is 16.7 Å². The summed E-state index contributed by atoms with van der Waals surface area (Å²) >= 11 is 1.50. The third-order valence-electron chi connectivity index (χ3n) is 6.85. The Kier molecular flexibility index (Phi) is 7.67. The molecular formula is C30H25F3N6O3S. The highest BCUT2D eigenvalue weighted by Crippen LogP contribution is 2.43. The molecule has 220 valence electrons. The summed E-state index contributed by atoms with van der Waals surface area (Å²) in [5.74, 6) is 1.14. The van der Waals surface area contributed by atoms with Crippen molar-refractivity contribution >= 4 is 28.7 Å². The number of aryl methyl sites for hydroxylation is 1. The normalized spacial score (nSPS) is 17.0. The van der Waals surface area contributed by atoms with Gasteiger partial charge in [-0.05, 0) is 53.9 Å². The van der Waals surface area contributed by atoms with Crippen molar-refractivity contribution in [2.45, 2.75) is 32.7 Å². The van der Waals surface area contributed by atoms with E-state index in [1.54, 1.807) is 0 Å². The lowest BCUT2D eigenvalue weighted by molar-refractivity contribution is -0.274. The zero-order valence-corrected chi connectivity index (χ0v) is 23.8. The van der Waals surface area contributed by atoms with Crippen molar-refractivity contribution in [1.82, 2.24) is 20.2 Å². The number of amidine groups is 1. The Labute approximate surface area is 249 Å². The second kappa shape index (κ2) is 11.6. The number of carbonyl (C=O) groups is 1. The standard InChI is InChI=1S/C30H25F3N6O3S/c1-18-3-12-25-19(2)14-23-16-43-28(39(23)26(25)13-18)36-29(40)42-35-15-20-4-6-21(7-5-20)27-34-17-38(37-27)22-8-10-24(11-9-22)41-30(31,32)33/h3-14,17,19,35H,15-16H2,1-2H3/b36-28-. The molecule has 1 fully saturated rings. The largest absolute Gasteiger partial charge is 0.573 e. The van der Waals surface area contributed by atoms with Crippen molar-refractivity contribution in [1.29, 1.82) is 0 Å². The maximum absolute atomic E-state index is 12.5. The van der Waals surface area contributed by atoms with Gasteiger partial charge < -0.3 is 9.57 Å². The number of hydroxylamine groups is 1. The van der Waals surface area contributed by atoms with Gasteiger partial charge in [-0.1, -0.05) is 61.2 Å². The Hall–Kier alpha value is -4.62. The van der Waals surface area contributed by atoms with E-state index < -0.39 is 12.5 Å². The summed E-state index contributed by atoms with van der Waals surface area (Å²) in [5.41, 5.74) is 9.26. The molecule has 1 aromatic heterocycles. The van der Waals surface area contributed by atoms with Gasteiger partial charge in [0.2, 0.25) is 0 Å². The maximum atomic E-state index is 12.5. The van der Waals surface area contributed by atoms with Crippen molar-refractivity contribution in [2.24, 2.45) is 4.99 Å². The molecule has 9 nitrogen and oxygen atoms in total. The van der Waals surface area contributed by atoms with E-state index in [9.17, 15) is 18.0 Å². The molecule has 2 aliphatic heterocycles. The van der Waals surface area contributed by atoms with Crippen molar-refractivity contribution in [3.63, 3.8) is 0 Å². The molecule has 0 saturated carbocycles. The second-order valence-electron chi connectivity index (χ2n) is 9.97. The number of halogens is 3. The Morgan fingerprint density at radius 3 is 2.63 bits per heavy atom. The van der Waals surface area contributed by atoms with Crippen LogP contribution in [0.2, 0.25) is 0 Å². The topological polar surface area (TPSA) is 93.9 Å². The van der Waals surface area contributed by atoms with Gasteiger partial charge >= 0.3 is 12.5 Å². The summed E-state index contributed by atoms with van der Waals surface area (Å²) in [5, 5.41) is 4.99. The van der Waals surface area contributed by atoms with Crippen LogP contribution in [0.15, 0.2) is 89.8 Å². The van der Waals surface area contributed by atoms with Crippen LogP contribution in [0.5, 0.6) is 5.75 Å². The summed E-state index contributed by atoms with van der Waals surface area (Å²) in [7, 11) is 0. The van der Waals surface area contributed by atoms with Crippen molar-refractivity contribution in [2.75, 3.05) is 10.7 Å². The molecule has 43 heavy (non-hydrogen) atoms. The van der Waals surface area contributed by atoms with Crippen LogP contribution in [-0.4, -0.2) is 38.1 Å². The van der Waals surface area contributed by atoms with Gasteiger partial charge in [-0.15, -0.1) is 28.7 Å². The smallest absolute Gasteiger partial charge is 0.406 e. The maximum Gasteiger partial charge on any atom is 0.573 e. The average molecular weight is 607 g/mol. The van der Waals surface area contributed by atoms with Crippen LogP contribution in [0.4, 0.5) is 23.7 Å². The highest BCUT2D eigenvalue weighted by Gasteiger charge is 2.33. The first-order valence-electron chi connectivity index (χ1n) is 13.3. The molecule has 0 spiro atoms. The molecule has 2 aliphatic rings. The molecule has 1 amide bonds. The minimum absolute atomic E-state index is 0.257. The van der Waals surface area contributed by atoms with Gasteiger partial charge in [-0.25, -0.2) is 14.5 Å². The third-order valence-corrected chi connectivity index (χ3v) is 7.82. The molecule has 0 aliphatic carbocycles. The van der Waals surface area contributed by atoms with Crippen molar-refractivity contribution in [3.05, 3.63) is 102 Å². The number of aliphatic imine (C=N–C) groups is 1. The fourth-order valence-corrected chi connectivity index (χ4v) is 5.82. The SMILES string of the molecule is Cc1ccc2c(c1)N1C(=CC2C)CS/C1=N\C(=O)ONCc1ccc(-c2ncn(-c3ccc(OC(F)(F)F)cc3)n2)cc1. The number of ether oxygens (including phenoxy) is 1. The summed E-state index contributed by atoms with van der Waals surface area (Å²) in [6.07, 6.45) is -1.82. The Bertz CT molecular complexity index is 1720. The van der Waals surface area contributed by atoms with E-state index >= 15 is 0 Å². The summed E-state index contributed by atoms with van der Waals surface area (Å²) in [6.45, 7) is 4.46. The minimum atomic E-state index is -4.75. The average Bonchev–Trinajstić information content (AvgIpc) is 3.61. The van der Waals surface area contributed by atoms with Gasteiger partial charge in [0.15, 0.2) is 11.0 Å². The van der Waals surface area contributed by atoms with Crippen LogP contribution >= 0.6 is 11.8 Å². The zero-order chi connectivity index (χ0) is 30.1. The number of nitrogens with one attached hydrogen (secondary N) is 1. The van der Waals surface area contributed by atoms with E-state index in [2.05, 4.69) is 56.5 Å². The first-order valence-corrected chi connectivity index (χ1v) is 14.3. The first kappa shape index (κ1) is 28.5. The number of allylic oxidation sites excluding steroid dienone is 1. The lowest BCUT2D eigenvalue weighted by Gasteiger charge is -2.30. The molecule has 1 saturated heterocycles. The lowest BCUT2D eigenvalue weighted by Crippen LogP contribution is -2.28. The van der Waals surface area contributed by atoms with Gasteiger partial charge in [-0.2, -0.15) is 0 Å². The van der Waals surface area contributed by atoms with Crippen LogP contribution < -0.4 is 15.1 Å². The number of thioether (sulfide) groups is 1. The van der Waals surface area contributed by atoms with Gasteiger partial charge in [0.05, 0.1) is 17.9 Å². The number of aromatic nitrogens is 3. The number of hydrogen-bond acceptors (Lipinski definition) is 7. The molecule has 1 unspecified atom stereocenters. The number of hydrogen-bond donors (Lipinski definition) is 1. The zero-order valence-electron chi connectivity index (χ0n) is 23.0. The van der Waals surface area contributed by atoms with Gasteiger partial charge in [0.1, 0.15) is 12.1 Å². The fourth-order valence-electron chi connectivity index (χ4n) is 4.84. The molecule has 13 heteroatoms. The number of benzene rings is 3. The molecule has 0 radical (unpaired) electrons. The molecular weight excluding hydrogens is 581 g/mol. The third kappa shape index (κ3) is 6.42. The fraction of sp³-hybridized carbons (Fsp3) is 0.200. The quantitative estimate of drug-likeness (QED) is 0.237. The Morgan fingerprint density at radius 1 is 1.12 bits per heavy atom. The number of carbonyl (C=O) groups excluding carboxylic acids is 1. The summed E-state index contributed by atoms with van der Waals surface area (Å²) < 4.78 is 42.5. The summed E-state index contributed by atoms with van der Waals surface area (Å²) in [6, 6.07) is 19.0. The number of nitrogens with zero attached hydrogens (tertiary/aromatic N) is 5. The number of fused-ring (bicyclic) bond motifs is 3. The monoisotopic (exact) mass is 606 g/mol. The predicted octanol–water partition coefficient (Wildman–Crippen LogP) is 6.89. The minimum Gasteiger partial charge on any atom is -0.406 e. The van der Waals surface area contributed by atoms with E-state index in [-0.39, 0.29) is 18.2 Å². The van der Waals surface area contributed by atoms with Crippen LogP contribution in [0.3, 0.4) is 0 Å². The van der Waals surface area contributed by atoms with Crippen LogP contribution in [0.25, 0.3) is 17.1 Å². The second-order valence-corrected chi connectivity index (χ2v) is 10.9. The van der Waals surface area contributed by atoms with Crippen LogP contribution in [-0.2, 0) is 11.4 Å². The van der Waals surface area contributed by atoms with Crippen molar-refractivity contribution < 1.29 is 27.5 Å². The molecule has 0 bridgehead atoms. The summed E-state index contributed by atoms with van der Waals surface area (Å²) in [4.78, 5) is 28.3. The van der Waals surface area contributed by atoms with Gasteiger partial charge in [0, 0.05) is 22.9 Å². The number of anilines is 1. The predicted molar refractivity (Wildman–Crippen MR) is 157 cm³/mol. The number of alkyl halides is 3. The molecule has 6 rings (SSSR count). The first-order chi connectivity index (χ1) is 20.6. The van der Waals surface area contributed by atoms with Gasteiger partial charge in [-0.3, -0.25) is 4.90 Å². The van der Waals surface area contributed by atoms with Gasteiger partial charge in [0.25, 0.3) is 0 Å². The lowest BCUT2D eigenvalue weighted by atomic mass is 9.93. The number of amides is 1.